The van der Waals surface area contributed by atoms with Crippen molar-refractivity contribution in [3.05, 3.63) is 43.2 Å². The average Bonchev–Trinajstić information content (AvgIpc) is 2.60. The molecule has 0 saturated carbocycles. The summed E-state index contributed by atoms with van der Waals surface area (Å²) in [5.41, 5.74) is 7.63. The van der Waals surface area contributed by atoms with E-state index in [4.69, 9.17) is 5.73 Å². The Morgan fingerprint density at radius 2 is 1.15 bits per heavy atom. The molecule has 0 unspecified atom stereocenters. The second-order valence-electron chi connectivity index (χ2n) is 5.87. The minimum atomic E-state index is -3.62. The highest BCUT2D eigenvalue weighted by atomic mass is 32.2. The number of aromatic nitrogens is 4. The smallest absolute Gasteiger partial charge is 0.193 e. The Hall–Kier alpha value is -2.92. The zero-order chi connectivity index (χ0) is 19.8. The fourth-order valence-electron chi connectivity index (χ4n) is 2.59. The van der Waals surface area contributed by atoms with Crippen LogP contribution in [0.4, 0.5) is 5.69 Å². The summed E-state index contributed by atoms with van der Waals surface area (Å²) in [6.45, 7) is 0. The highest BCUT2D eigenvalue weighted by Gasteiger charge is 2.20. The maximum atomic E-state index is 12.0. The van der Waals surface area contributed by atoms with Gasteiger partial charge in [0.15, 0.2) is 29.7 Å². The molecule has 140 valence electrons. The van der Waals surface area contributed by atoms with Crippen molar-refractivity contribution in [3.8, 4) is 22.3 Å². The average molecular weight is 405 g/mol. The summed E-state index contributed by atoms with van der Waals surface area (Å²) >= 11 is 0. The number of sulfone groups is 2. The molecule has 0 saturated heterocycles. The van der Waals surface area contributed by atoms with Crippen LogP contribution in [0.15, 0.2) is 53.3 Å². The molecule has 0 radical (unpaired) electrons. The van der Waals surface area contributed by atoms with E-state index in [-0.39, 0.29) is 21.2 Å². The maximum absolute atomic E-state index is 12.0. The van der Waals surface area contributed by atoms with E-state index in [1.807, 2.05) is 0 Å². The van der Waals surface area contributed by atoms with Gasteiger partial charge in [-0.15, -0.1) is 0 Å². The van der Waals surface area contributed by atoms with Crippen LogP contribution in [0.2, 0.25) is 0 Å². The van der Waals surface area contributed by atoms with Crippen LogP contribution in [0.3, 0.4) is 0 Å². The van der Waals surface area contributed by atoms with Crippen LogP contribution in [-0.2, 0) is 19.7 Å². The molecule has 0 aliphatic carbocycles. The van der Waals surface area contributed by atoms with Crippen molar-refractivity contribution in [1.29, 1.82) is 0 Å². The normalized spacial score (nSPS) is 12.1. The van der Waals surface area contributed by atoms with Gasteiger partial charge in [-0.2, -0.15) is 0 Å². The lowest BCUT2D eigenvalue weighted by Crippen LogP contribution is -2.05. The SMILES string of the molecule is CS(=O)(=O)c1ncncc1-c1cc(N)cc(-c2cncnc2S(C)(=O)=O)c1. The first-order chi connectivity index (χ1) is 12.6. The van der Waals surface area contributed by atoms with Gasteiger partial charge in [-0.1, -0.05) is 0 Å². The Kier molecular flexibility index (Phi) is 4.66. The highest BCUT2D eigenvalue weighted by Crippen LogP contribution is 2.33. The third kappa shape index (κ3) is 3.93. The first kappa shape index (κ1) is 18.9. The second kappa shape index (κ2) is 6.67. The largest absolute Gasteiger partial charge is 0.399 e. The summed E-state index contributed by atoms with van der Waals surface area (Å²) in [7, 11) is -7.23. The zero-order valence-corrected chi connectivity index (χ0v) is 16.0. The number of benzene rings is 1. The number of hydrogen-bond donors (Lipinski definition) is 1. The first-order valence-corrected chi connectivity index (χ1v) is 11.3. The summed E-state index contributed by atoms with van der Waals surface area (Å²) in [6.07, 6.45) is 7.08. The molecule has 0 atom stereocenters. The van der Waals surface area contributed by atoms with E-state index in [0.717, 1.165) is 25.2 Å². The van der Waals surface area contributed by atoms with Crippen LogP contribution in [0.25, 0.3) is 22.3 Å². The lowest BCUT2D eigenvalue weighted by Gasteiger charge is -2.11. The van der Waals surface area contributed by atoms with Gasteiger partial charge in [-0.25, -0.2) is 36.8 Å². The van der Waals surface area contributed by atoms with Gasteiger partial charge in [0.2, 0.25) is 0 Å². The van der Waals surface area contributed by atoms with Gasteiger partial charge < -0.3 is 5.73 Å². The van der Waals surface area contributed by atoms with Crippen LogP contribution >= 0.6 is 0 Å². The third-order valence-electron chi connectivity index (χ3n) is 3.63. The molecule has 2 heterocycles. The predicted octanol–water partition coefficient (Wildman–Crippen LogP) is 0.990. The standard InChI is InChI=1S/C16H15N5O4S2/c1-26(22,23)15-13(6-18-8-20-15)10-3-11(5-12(17)4-10)14-7-19-9-21-16(14)27(2,24)25/h3-9H,17H2,1-2H3. The fourth-order valence-corrected chi connectivity index (χ4v) is 4.20. The Bertz CT molecular complexity index is 1150. The first-order valence-electron chi connectivity index (χ1n) is 7.49. The van der Waals surface area contributed by atoms with E-state index in [2.05, 4.69) is 19.9 Å². The molecule has 0 bridgehead atoms. The molecule has 9 nitrogen and oxygen atoms in total. The number of nitrogens with two attached hydrogens (primary N) is 1. The highest BCUT2D eigenvalue weighted by molar-refractivity contribution is 7.91. The van der Waals surface area contributed by atoms with Crippen molar-refractivity contribution < 1.29 is 16.8 Å². The van der Waals surface area contributed by atoms with Crippen molar-refractivity contribution in [2.75, 3.05) is 18.2 Å². The van der Waals surface area contributed by atoms with E-state index in [1.54, 1.807) is 18.2 Å². The molecule has 1 aromatic carbocycles. The second-order valence-corrected chi connectivity index (χ2v) is 9.73. The van der Waals surface area contributed by atoms with Crippen molar-refractivity contribution >= 4 is 25.4 Å². The Balaban J connectivity index is 2.29. The van der Waals surface area contributed by atoms with Crippen molar-refractivity contribution in [1.82, 2.24) is 19.9 Å². The van der Waals surface area contributed by atoms with Gasteiger partial charge in [0.25, 0.3) is 0 Å². The summed E-state index contributed by atoms with van der Waals surface area (Å²) in [6, 6.07) is 4.71. The van der Waals surface area contributed by atoms with Crippen molar-refractivity contribution in [2.24, 2.45) is 0 Å². The van der Waals surface area contributed by atoms with Gasteiger partial charge in [0, 0.05) is 41.7 Å². The Morgan fingerprint density at radius 3 is 1.52 bits per heavy atom. The van der Waals surface area contributed by atoms with Gasteiger partial charge in [-0.05, 0) is 29.3 Å². The molecule has 3 rings (SSSR count). The van der Waals surface area contributed by atoms with E-state index in [9.17, 15) is 16.8 Å². The van der Waals surface area contributed by atoms with Crippen LogP contribution in [0, 0.1) is 0 Å². The molecule has 11 heteroatoms. The third-order valence-corrected chi connectivity index (χ3v) is 5.69. The molecule has 0 amide bonds. The molecule has 0 spiro atoms. The molecule has 2 N–H and O–H groups in total. The minimum Gasteiger partial charge on any atom is -0.399 e. The number of anilines is 1. The van der Waals surface area contributed by atoms with Gasteiger partial charge >= 0.3 is 0 Å². The Morgan fingerprint density at radius 1 is 0.741 bits per heavy atom. The molecule has 0 fully saturated rings. The Labute approximate surface area is 156 Å². The van der Waals surface area contributed by atoms with Gasteiger partial charge in [-0.3, -0.25) is 0 Å². The predicted molar refractivity (Wildman–Crippen MR) is 99.1 cm³/mol. The van der Waals surface area contributed by atoms with Crippen molar-refractivity contribution in [3.63, 3.8) is 0 Å². The topological polar surface area (TPSA) is 146 Å². The molecular formula is C16H15N5O4S2. The van der Waals surface area contributed by atoms with Gasteiger partial charge in [0.05, 0.1) is 0 Å². The lowest BCUT2D eigenvalue weighted by atomic mass is 10.0. The fraction of sp³-hybridized carbons (Fsp3) is 0.125. The number of hydrogen-bond acceptors (Lipinski definition) is 9. The summed E-state index contributed by atoms with van der Waals surface area (Å²) in [5.74, 6) is 0. The van der Waals surface area contributed by atoms with Crippen molar-refractivity contribution in [2.45, 2.75) is 10.1 Å². The van der Waals surface area contributed by atoms with E-state index in [0.29, 0.717) is 16.8 Å². The molecule has 0 aliphatic heterocycles. The van der Waals surface area contributed by atoms with E-state index < -0.39 is 19.7 Å². The molecule has 3 aromatic rings. The molecule has 2 aromatic heterocycles. The van der Waals surface area contributed by atoms with E-state index in [1.165, 1.54) is 12.4 Å². The summed E-state index contributed by atoms with van der Waals surface area (Å²) in [5, 5.41) is -0.302. The summed E-state index contributed by atoms with van der Waals surface area (Å²) in [4.78, 5) is 15.5. The zero-order valence-electron chi connectivity index (χ0n) is 14.4. The number of rotatable bonds is 4. The molecular weight excluding hydrogens is 390 g/mol. The maximum Gasteiger partial charge on any atom is 0.193 e. The number of nitrogens with zero attached hydrogens (tertiary/aromatic N) is 4. The van der Waals surface area contributed by atoms with Gasteiger partial charge in [0.1, 0.15) is 12.7 Å². The lowest BCUT2D eigenvalue weighted by molar-refractivity contribution is 0.596. The molecule has 27 heavy (non-hydrogen) atoms. The van der Waals surface area contributed by atoms with E-state index >= 15 is 0 Å². The van der Waals surface area contributed by atoms with Crippen LogP contribution in [-0.4, -0.2) is 49.3 Å². The van der Waals surface area contributed by atoms with Crippen LogP contribution in [0.1, 0.15) is 0 Å². The number of nitrogen functional groups attached to an aromatic ring is 1. The minimum absolute atomic E-state index is 0.151. The monoisotopic (exact) mass is 405 g/mol. The summed E-state index contributed by atoms with van der Waals surface area (Å²) < 4.78 is 48.1. The molecule has 0 aliphatic rings. The van der Waals surface area contributed by atoms with Crippen LogP contribution < -0.4 is 5.73 Å². The van der Waals surface area contributed by atoms with Crippen LogP contribution in [0.5, 0.6) is 0 Å². The quantitative estimate of drug-likeness (QED) is 0.496.